The van der Waals surface area contributed by atoms with Crippen LogP contribution in [-0.2, 0) is 4.74 Å². The number of nitrogens with two attached hydrogens (primary N) is 1. The third kappa shape index (κ3) is 2.83. The zero-order valence-corrected chi connectivity index (χ0v) is 12.6. The van der Waals surface area contributed by atoms with Gasteiger partial charge in [-0.2, -0.15) is 10.1 Å². The normalized spacial score (nSPS) is 17.7. The Kier molecular flexibility index (Phi) is 3.55. The number of H-pyrrole nitrogens is 1. The lowest BCUT2D eigenvalue weighted by Crippen LogP contribution is -2.19. The molecule has 23 heavy (non-hydrogen) atoms. The maximum absolute atomic E-state index is 5.86. The monoisotopic (exact) mass is 310 g/mol. The molecule has 0 saturated carbocycles. The molecule has 2 aromatic heterocycles. The van der Waals surface area contributed by atoms with Crippen molar-refractivity contribution in [3.8, 4) is 11.3 Å². The summed E-state index contributed by atoms with van der Waals surface area (Å²) in [5.74, 6) is 1.01. The van der Waals surface area contributed by atoms with Gasteiger partial charge in [0.15, 0.2) is 0 Å². The Hall–Kier alpha value is -2.67. The highest BCUT2D eigenvalue weighted by Gasteiger charge is 2.16. The molecule has 0 unspecified atom stereocenters. The lowest BCUT2D eigenvalue weighted by atomic mass is 10.1. The van der Waals surface area contributed by atoms with Crippen molar-refractivity contribution in [3.63, 3.8) is 0 Å². The van der Waals surface area contributed by atoms with Crippen molar-refractivity contribution in [2.75, 3.05) is 24.2 Å². The Morgan fingerprint density at radius 3 is 3.04 bits per heavy atom. The quantitative estimate of drug-likeness (QED) is 0.683. The number of hydrogen-bond donors (Lipinski definition) is 3. The first kappa shape index (κ1) is 14.0. The second-order valence-electron chi connectivity index (χ2n) is 5.65. The molecule has 4 N–H and O–H groups in total. The second-order valence-corrected chi connectivity index (χ2v) is 5.65. The molecular formula is C16H18N6O. The van der Waals surface area contributed by atoms with E-state index < -0.39 is 0 Å². The molecule has 0 spiro atoms. The summed E-state index contributed by atoms with van der Waals surface area (Å²) in [7, 11) is 0. The van der Waals surface area contributed by atoms with Crippen LogP contribution in [0.2, 0.25) is 0 Å². The molecular weight excluding hydrogens is 292 g/mol. The van der Waals surface area contributed by atoms with Crippen molar-refractivity contribution in [1.29, 1.82) is 0 Å². The molecule has 1 saturated heterocycles. The first-order valence-electron chi connectivity index (χ1n) is 7.72. The number of rotatable bonds is 4. The number of ether oxygens (including phenoxy) is 1. The average Bonchev–Trinajstić information content (AvgIpc) is 3.25. The van der Waals surface area contributed by atoms with Gasteiger partial charge in [0.25, 0.3) is 0 Å². The number of nitrogens with zero attached hydrogens (tertiary/aromatic N) is 3. The van der Waals surface area contributed by atoms with Gasteiger partial charge in [0.2, 0.25) is 5.95 Å². The zero-order chi connectivity index (χ0) is 15.6. The average molecular weight is 310 g/mol. The number of aromatic nitrogens is 4. The molecule has 3 heterocycles. The number of nitrogens with one attached hydrogen (secondary N) is 2. The molecule has 0 aliphatic carbocycles. The Balaban J connectivity index is 1.67. The van der Waals surface area contributed by atoms with Crippen LogP contribution in [0.5, 0.6) is 0 Å². The van der Waals surface area contributed by atoms with E-state index in [1.165, 1.54) is 0 Å². The van der Waals surface area contributed by atoms with Crippen LogP contribution < -0.4 is 11.1 Å². The van der Waals surface area contributed by atoms with Crippen LogP contribution in [0.15, 0.2) is 30.5 Å². The highest BCUT2D eigenvalue weighted by atomic mass is 16.5. The summed E-state index contributed by atoms with van der Waals surface area (Å²) in [6, 6.07) is 7.93. The maximum atomic E-state index is 5.86. The molecule has 3 aromatic rings. The minimum atomic E-state index is 0.241. The molecule has 0 amide bonds. The highest BCUT2D eigenvalue weighted by Crippen LogP contribution is 2.26. The lowest BCUT2D eigenvalue weighted by Gasteiger charge is -2.13. The summed E-state index contributed by atoms with van der Waals surface area (Å²) < 4.78 is 5.64. The predicted molar refractivity (Wildman–Crippen MR) is 89.0 cm³/mol. The Bertz CT molecular complexity index is 811. The summed E-state index contributed by atoms with van der Waals surface area (Å²) in [4.78, 5) is 8.68. The summed E-state index contributed by atoms with van der Waals surface area (Å²) in [6.07, 6.45) is 4.16. The van der Waals surface area contributed by atoms with Crippen LogP contribution in [-0.4, -0.2) is 39.4 Å². The van der Waals surface area contributed by atoms with E-state index in [4.69, 9.17) is 10.5 Å². The van der Waals surface area contributed by atoms with Crippen LogP contribution in [0.3, 0.4) is 0 Å². The first-order chi connectivity index (χ1) is 11.3. The van der Waals surface area contributed by atoms with Gasteiger partial charge in [-0.25, -0.2) is 4.98 Å². The van der Waals surface area contributed by atoms with Crippen molar-refractivity contribution >= 4 is 22.7 Å². The summed E-state index contributed by atoms with van der Waals surface area (Å²) in [5.41, 5.74) is 8.62. The lowest BCUT2D eigenvalue weighted by molar-refractivity contribution is 0.120. The molecule has 7 nitrogen and oxygen atoms in total. The van der Waals surface area contributed by atoms with Gasteiger partial charge >= 0.3 is 0 Å². The third-order valence-corrected chi connectivity index (χ3v) is 4.05. The molecule has 4 rings (SSSR count). The van der Waals surface area contributed by atoms with E-state index in [9.17, 15) is 0 Å². The van der Waals surface area contributed by atoms with Crippen LogP contribution in [0, 0.1) is 0 Å². The van der Waals surface area contributed by atoms with Crippen molar-refractivity contribution in [2.24, 2.45) is 0 Å². The fourth-order valence-corrected chi connectivity index (χ4v) is 2.88. The number of fused-ring (bicyclic) bond motifs is 1. The van der Waals surface area contributed by atoms with Crippen LogP contribution in [0.1, 0.15) is 12.8 Å². The van der Waals surface area contributed by atoms with E-state index >= 15 is 0 Å². The highest BCUT2D eigenvalue weighted by molar-refractivity contribution is 5.92. The van der Waals surface area contributed by atoms with E-state index in [2.05, 4.69) is 25.5 Å². The summed E-state index contributed by atoms with van der Waals surface area (Å²) in [5, 5.41) is 11.2. The minimum absolute atomic E-state index is 0.241. The molecule has 0 radical (unpaired) electrons. The number of hydrogen-bond acceptors (Lipinski definition) is 6. The molecule has 1 aromatic carbocycles. The Morgan fingerprint density at radius 1 is 1.30 bits per heavy atom. The molecule has 1 aliphatic rings. The minimum Gasteiger partial charge on any atom is -0.376 e. The number of anilines is 2. The van der Waals surface area contributed by atoms with Gasteiger partial charge in [0.05, 0.1) is 17.3 Å². The van der Waals surface area contributed by atoms with Crippen molar-refractivity contribution in [1.82, 2.24) is 20.2 Å². The van der Waals surface area contributed by atoms with Crippen molar-refractivity contribution in [2.45, 2.75) is 18.9 Å². The van der Waals surface area contributed by atoms with Crippen molar-refractivity contribution in [3.05, 3.63) is 30.5 Å². The van der Waals surface area contributed by atoms with Crippen LogP contribution >= 0.6 is 0 Å². The van der Waals surface area contributed by atoms with E-state index in [0.29, 0.717) is 0 Å². The Morgan fingerprint density at radius 2 is 2.26 bits per heavy atom. The van der Waals surface area contributed by atoms with Crippen molar-refractivity contribution < 1.29 is 4.74 Å². The molecule has 1 aliphatic heterocycles. The zero-order valence-electron chi connectivity index (χ0n) is 12.6. The van der Waals surface area contributed by atoms with E-state index in [1.54, 1.807) is 6.20 Å². The maximum Gasteiger partial charge on any atom is 0.222 e. The topological polar surface area (TPSA) is 102 Å². The van der Waals surface area contributed by atoms with Crippen LogP contribution in [0.4, 0.5) is 11.8 Å². The van der Waals surface area contributed by atoms with Gasteiger partial charge in [0.1, 0.15) is 5.82 Å². The smallest absolute Gasteiger partial charge is 0.222 e. The SMILES string of the molecule is Nc1nc(NC[C@@H]2CCCO2)c2ccc(-c3ccn[nH]3)cc2n1. The van der Waals surface area contributed by atoms with Crippen LogP contribution in [0.25, 0.3) is 22.2 Å². The molecule has 118 valence electrons. The van der Waals surface area contributed by atoms with Gasteiger partial charge < -0.3 is 15.8 Å². The van der Waals surface area contributed by atoms with Gasteiger partial charge in [-0.3, -0.25) is 5.10 Å². The van der Waals surface area contributed by atoms with E-state index in [-0.39, 0.29) is 12.1 Å². The van der Waals surface area contributed by atoms with Gasteiger partial charge in [-0.15, -0.1) is 0 Å². The van der Waals surface area contributed by atoms with E-state index in [1.807, 2.05) is 24.3 Å². The summed E-state index contributed by atoms with van der Waals surface area (Å²) >= 11 is 0. The molecule has 0 bridgehead atoms. The largest absolute Gasteiger partial charge is 0.376 e. The fraction of sp³-hybridized carbons (Fsp3) is 0.312. The molecule has 1 fully saturated rings. The summed E-state index contributed by atoms with van der Waals surface area (Å²) in [6.45, 7) is 1.57. The standard InChI is InChI=1S/C16H18N6O/c17-16-20-14-8-10(13-5-6-19-22-13)3-4-12(14)15(21-16)18-9-11-2-1-7-23-11/h3-6,8,11H,1-2,7,9H2,(H,19,22)(H3,17,18,20,21)/t11-/m0/s1. The molecule has 7 heteroatoms. The number of aromatic amines is 1. The Labute approximate surface area is 133 Å². The van der Waals surface area contributed by atoms with E-state index in [0.717, 1.165) is 54.0 Å². The predicted octanol–water partition coefficient (Wildman–Crippen LogP) is 2.19. The number of benzene rings is 1. The first-order valence-corrected chi connectivity index (χ1v) is 7.72. The van der Waals surface area contributed by atoms with Gasteiger partial charge in [-0.1, -0.05) is 6.07 Å². The second kappa shape index (κ2) is 5.85. The van der Waals surface area contributed by atoms with Gasteiger partial charge in [-0.05, 0) is 31.0 Å². The number of nitrogen functional groups attached to an aromatic ring is 1. The molecule has 1 atom stereocenters. The fourth-order valence-electron chi connectivity index (χ4n) is 2.88. The van der Waals surface area contributed by atoms with Gasteiger partial charge in [0, 0.05) is 30.3 Å². The third-order valence-electron chi connectivity index (χ3n) is 4.05.